The number of aromatic amines is 1. The number of aromatic nitrogens is 1. The van der Waals surface area contributed by atoms with Gasteiger partial charge in [0.1, 0.15) is 16.9 Å². The Hall–Kier alpha value is -3.51. The van der Waals surface area contributed by atoms with E-state index >= 15 is 0 Å². The quantitative estimate of drug-likeness (QED) is 0.406. The molecule has 0 spiro atoms. The molecule has 156 valence electrons. The number of aryl methyl sites for hydroxylation is 1. The molecule has 0 aliphatic carbocycles. The van der Waals surface area contributed by atoms with E-state index in [0.29, 0.717) is 5.56 Å². The highest BCUT2D eigenvalue weighted by Crippen LogP contribution is 2.40. The van der Waals surface area contributed by atoms with Gasteiger partial charge in [-0.1, -0.05) is 36.4 Å². The van der Waals surface area contributed by atoms with Crippen LogP contribution in [0.5, 0.6) is 0 Å². The lowest BCUT2D eigenvalue weighted by Crippen LogP contribution is -2.21. The van der Waals surface area contributed by atoms with Crippen LogP contribution in [0.1, 0.15) is 38.0 Å². The Morgan fingerprint density at radius 3 is 2.48 bits per heavy atom. The predicted octanol–water partition coefficient (Wildman–Crippen LogP) is 5.77. The van der Waals surface area contributed by atoms with Gasteiger partial charge >= 0.3 is 0 Å². The van der Waals surface area contributed by atoms with Gasteiger partial charge in [-0.15, -0.1) is 11.3 Å². The topological polar surface area (TPSA) is 55.3 Å². The van der Waals surface area contributed by atoms with E-state index in [1.807, 2.05) is 62.5 Å². The van der Waals surface area contributed by atoms with E-state index in [4.69, 9.17) is 0 Å². The Balaban J connectivity index is 1.78. The summed E-state index contributed by atoms with van der Waals surface area (Å²) in [4.78, 5) is 17.1. The minimum atomic E-state index is -0.356. The van der Waals surface area contributed by atoms with Crippen LogP contribution in [-0.4, -0.2) is 5.91 Å². The highest BCUT2D eigenvalue weighted by atomic mass is 32.1. The van der Waals surface area contributed by atoms with Crippen LogP contribution < -0.4 is 15.6 Å². The maximum atomic E-state index is 14.1. The Morgan fingerprint density at radius 2 is 1.77 bits per heavy atom. The van der Waals surface area contributed by atoms with Crippen LogP contribution in [0.4, 0.5) is 15.2 Å². The third-order valence-electron chi connectivity index (χ3n) is 5.17. The van der Waals surface area contributed by atoms with Crippen LogP contribution in [0.25, 0.3) is 0 Å². The van der Waals surface area contributed by atoms with E-state index in [-0.39, 0.29) is 17.8 Å². The molecule has 0 saturated carbocycles. The molecule has 0 saturated heterocycles. The summed E-state index contributed by atoms with van der Waals surface area (Å²) in [5.74, 6) is 0.313. The normalized spacial score (nSPS) is 11.7. The molecule has 1 atom stereocenters. The Bertz CT molecular complexity index is 1190. The molecule has 6 heteroatoms. The smallest absolute Gasteiger partial charge is 0.272 e. The van der Waals surface area contributed by atoms with E-state index in [9.17, 15) is 9.18 Å². The van der Waals surface area contributed by atoms with Gasteiger partial charge in [-0.2, -0.15) is 0 Å². The first-order valence-corrected chi connectivity index (χ1v) is 10.8. The molecule has 0 radical (unpaired) electrons. The van der Waals surface area contributed by atoms with Gasteiger partial charge in [0.05, 0.1) is 6.20 Å². The number of H-pyrrole nitrogens is 1. The number of nitrogens with one attached hydrogen (secondary N) is 3. The van der Waals surface area contributed by atoms with E-state index in [2.05, 4.69) is 15.6 Å². The molecule has 0 aliphatic rings. The van der Waals surface area contributed by atoms with Crippen LogP contribution in [0.2, 0.25) is 0 Å². The number of benzene rings is 2. The van der Waals surface area contributed by atoms with Gasteiger partial charge in [0.2, 0.25) is 0 Å². The molecule has 0 fully saturated rings. The van der Waals surface area contributed by atoms with Crippen LogP contribution in [-0.2, 0) is 0 Å². The number of rotatable bonds is 6. The number of hydrogen-bond acceptors (Lipinski definition) is 3. The zero-order chi connectivity index (χ0) is 21.8. The van der Waals surface area contributed by atoms with E-state index in [1.54, 1.807) is 18.2 Å². The number of hydrogen-bond donors (Lipinski definition) is 2. The summed E-state index contributed by atoms with van der Waals surface area (Å²) in [6.07, 6.45) is 1.83. The third kappa shape index (κ3) is 4.64. The first-order chi connectivity index (χ1) is 15.0. The number of carbonyl (C=O) groups excluding carboxylic acids is 1. The van der Waals surface area contributed by atoms with Crippen molar-refractivity contribution in [2.24, 2.45) is 0 Å². The van der Waals surface area contributed by atoms with E-state index in [0.717, 1.165) is 32.4 Å². The summed E-state index contributed by atoms with van der Waals surface area (Å²) in [5, 5.41) is 7.31. The Morgan fingerprint density at radius 1 is 1.00 bits per heavy atom. The number of anilines is 2. The Kier molecular flexibility index (Phi) is 6.09. The van der Waals surface area contributed by atoms with Crippen LogP contribution >= 0.6 is 11.3 Å². The highest BCUT2D eigenvalue weighted by Gasteiger charge is 2.28. The van der Waals surface area contributed by atoms with Crippen molar-refractivity contribution in [3.8, 4) is 0 Å². The molecule has 3 N–H and O–H groups in total. The molecule has 4 rings (SSSR count). The van der Waals surface area contributed by atoms with Crippen molar-refractivity contribution in [1.82, 2.24) is 0 Å². The van der Waals surface area contributed by atoms with Crippen molar-refractivity contribution in [2.45, 2.75) is 19.9 Å². The van der Waals surface area contributed by atoms with Crippen molar-refractivity contribution >= 4 is 28.1 Å². The second kappa shape index (κ2) is 9.10. The van der Waals surface area contributed by atoms with Crippen molar-refractivity contribution < 1.29 is 14.2 Å². The maximum absolute atomic E-state index is 14.1. The van der Waals surface area contributed by atoms with Crippen molar-refractivity contribution in [3.63, 3.8) is 0 Å². The molecule has 0 bridgehead atoms. The monoisotopic (exact) mass is 432 g/mol. The summed E-state index contributed by atoms with van der Waals surface area (Å²) in [6, 6.07) is 21.0. The van der Waals surface area contributed by atoms with Gasteiger partial charge < -0.3 is 5.32 Å². The van der Waals surface area contributed by atoms with Crippen molar-refractivity contribution in [1.29, 1.82) is 0 Å². The third-order valence-corrected chi connectivity index (χ3v) is 6.31. The molecule has 2 heterocycles. The van der Waals surface area contributed by atoms with Crippen molar-refractivity contribution in [2.75, 3.05) is 10.6 Å². The lowest BCUT2D eigenvalue weighted by Gasteiger charge is -2.18. The molecule has 4 nitrogen and oxygen atoms in total. The molecule has 2 aromatic carbocycles. The van der Waals surface area contributed by atoms with E-state index in [1.165, 1.54) is 23.5 Å². The highest BCUT2D eigenvalue weighted by molar-refractivity contribution is 7.16. The standard InChI is InChI=1S/C25H22FN3OS/c1-16-17(2)31-25(29-24(30)18-9-4-3-5-10-18)22(16)23(19-11-8-12-20(26)15-19)28-21-13-6-7-14-27-21/h3-15,23H,1-2H3,(H,27,28)(H,29,30)/p+1/t23-/m1/s1. The maximum Gasteiger partial charge on any atom is 0.272 e. The SMILES string of the molecule is Cc1sc(NC(=O)c2ccccc2)c([C@H](Nc2cccc[nH+]2)c2cccc(F)c2)c1C. The van der Waals surface area contributed by atoms with Crippen LogP contribution in [0.3, 0.4) is 0 Å². The summed E-state index contributed by atoms with van der Waals surface area (Å²) in [7, 11) is 0. The largest absolute Gasteiger partial charge is 0.313 e. The lowest BCUT2D eigenvalue weighted by atomic mass is 9.96. The second-order valence-electron chi connectivity index (χ2n) is 7.25. The zero-order valence-electron chi connectivity index (χ0n) is 17.3. The lowest BCUT2D eigenvalue weighted by molar-refractivity contribution is -0.361. The van der Waals surface area contributed by atoms with E-state index < -0.39 is 0 Å². The predicted molar refractivity (Wildman–Crippen MR) is 123 cm³/mol. The Labute approximate surface area is 184 Å². The fourth-order valence-electron chi connectivity index (χ4n) is 3.50. The van der Waals surface area contributed by atoms with Gasteiger partial charge in [0, 0.05) is 27.6 Å². The summed E-state index contributed by atoms with van der Waals surface area (Å²) < 4.78 is 14.1. The molecule has 2 aromatic heterocycles. The second-order valence-corrected chi connectivity index (χ2v) is 8.48. The van der Waals surface area contributed by atoms with Gasteiger partial charge in [0.15, 0.2) is 0 Å². The molecule has 0 aliphatic heterocycles. The summed E-state index contributed by atoms with van der Waals surface area (Å²) in [5.41, 5.74) is 3.35. The minimum absolute atomic E-state index is 0.174. The van der Waals surface area contributed by atoms with Crippen molar-refractivity contribution in [3.05, 3.63) is 112 Å². The molecule has 1 amide bonds. The van der Waals surface area contributed by atoms with Gasteiger partial charge in [-0.05, 0) is 49.7 Å². The van der Waals surface area contributed by atoms with Gasteiger partial charge in [-0.3, -0.25) is 10.1 Å². The number of pyridine rings is 1. The number of carbonyl (C=O) groups is 1. The first kappa shape index (κ1) is 20.8. The number of halogens is 1. The fourth-order valence-corrected chi connectivity index (χ4v) is 4.59. The average molecular weight is 433 g/mol. The molecular weight excluding hydrogens is 409 g/mol. The molecular formula is C25H23FN3OS+. The first-order valence-electron chi connectivity index (χ1n) is 9.98. The molecule has 31 heavy (non-hydrogen) atoms. The number of amides is 1. The summed E-state index contributed by atoms with van der Waals surface area (Å²) >= 11 is 1.53. The molecule has 4 aromatic rings. The van der Waals surface area contributed by atoms with Gasteiger partial charge in [0.25, 0.3) is 11.7 Å². The van der Waals surface area contributed by atoms with Crippen LogP contribution in [0, 0.1) is 19.7 Å². The fraction of sp³-hybridized carbons (Fsp3) is 0.120. The molecule has 0 unspecified atom stereocenters. The minimum Gasteiger partial charge on any atom is -0.313 e. The zero-order valence-corrected chi connectivity index (χ0v) is 18.1. The van der Waals surface area contributed by atoms with Crippen LogP contribution in [0.15, 0.2) is 79.0 Å². The number of thiophene rings is 1. The summed E-state index contributed by atoms with van der Waals surface area (Å²) in [6.45, 7) is 4.06. The van der Waals surface area contributed by atoms with Gasteiger partial charge in [-0.25, -0.2) is 9.37 Å². The average Bonchev–Trinajstić information content (AvgIpc) is 3.06.